The standard InChI is InChI=1S/C18H26N2O/c1-5-19-18(14(2)3)16-10-11-20(13-16)12-15-6-8-17(21-4)9-7-15/h6-11,13-14,18-19H,5,12H2,1-4H3. The van der Waals surface area contributed by atoms with Crippen molar-refractivity contribution in [3.8, 4) is 5.75 Å². The van der Waals surface area contributed by atoms with E-state index in [1.54, 1.807) is 7.11 Å². The van der Waals surface area contributed by atoms with Crippen LogP contribution in [0.5, 0.6) is 5.75 Å². The van der Waals surface area contributed by atoms with Gasteiger partial charge in [0.05, 0.1) is 7.11 Å². The van der Waals surface area contributed by atoms with Gasteiger partial charge < -0.3 is 14.6 Å². The van der Waals surface area contributed by atoms with Crippen LogP contribution in [0.4, 0.5) is 0 Å². The van der Waals surface area contributed by atoms with E-state index in [9.17, 15) is 0 Å². The Kier molecular flexibility index (Phi) is 5.45. The summed E-state index contributed by atoms with van der Waals surface area (Å²) in [6.45, 7) is 8.56. The number of rotatable bonds is 7. The van der Waals surface area contributed by atoms with Crippen LogP contribution in [-0.4, -0.2) is 18.2 Å². The molecule has 2 rings (SSSR count). The zero-order valence-corrected chi connectivity index (χ0v) is 13.5. The minimum Gasteiger partial charge on any atom is -0.497 e. The summed E-state index contributed by atoms with van der Waals surface area (Å²) in [5.74, 6) is 1.49. The van der Waals surface area contributed by atoms with E-state index in [-0.39, 0.29) is 0 Å². The van der Waals surface area contributed by atoms with Gasteiger partial charge in [-0.25, -0.2) is 0 Å². The molecular weight excluding hydrogens is 260 g/mol. The first-order valence-electron chi connectivity index (χ1n) is 7.66. The highest BCUT2D eigenvalue weighted by atomic mass is 16.5. The molecule has 2 aromatic rings. The van der Waals surface area contributed by atoms with Gasteiger partial charge in [0.25, 0.3) is 0 Å². The molecule has 21 heavy (non-hydrogen) atoms. The van der Waals surface area contributed by atoms with Gasteiger partial charge in [-0.2, -0.15) is 0 Å². The first kappa shape index (κ1) is 15.6. The zero-order valence-electron chi connectivity index (χ0n) is 13.5. The molecule has 0 aliphatic carbocycles. The summed E-state index contributed by atoms with van der Waals surface area (Å²) in [7, 11) is 1.69. The second-order valence-corrected chi connectivity index (χ2v) is 5.74. The molecule has 3 nitrogen and oxygen atoms in total. The summed E-state index contributed by atoms with van der Waals surface area (Å²) in [5.41, 5.74) is 2.64. The number of hydrogen-bond acceptors (Lipinski definition) is 2. The Morgan fingerprint density at radius 2 is 1.86 bits per heavy atom. The maximum absolute atomic E-state index is 5.19. The van der Waals surface area contributed by atoms with Crippen molar-refractivity contribution in [2.75, 3.05) is 13.7 Å². The molecule has 1 N–H and O–H groups in total. The fourth-order valence-corrected chi connectivity index (χ4v) is 2.64. The van der Waals surface area contributed by atoms with Crippen molar-refractivity contribution in [2.24, 2.45) is 5.92 Å². The van der Waals surface area contributed by atoms with Crippen LogP contribution in [0, 0.1) is 5.92 Å². The molecule has 3 heteroatoms. The van der Waals surface area contributed by atoms with Crippen molar-refractivity contribution >= 4 is 0 Å². The predicted molar refractivity (Wildman–Crippen MR) is 87.8 cm³/mol. The number of methoxy groups -OCH3 is 1. The first-order valence-corrected chi connectivity index (χ1v) is 7.66. The van der Waals surface area contributed by atoms with Crippen molar-refractivity contribution < 1.29 is 4.74 Å². The highest BCUT2D eigenvalue weighted by Crippen LogP contribution is 2.22. The molecule has 0 bridgehead atoms. The first-order chi connectivity index (χ1) is 10.1. The largest absolute Gasteiger partial charge is 0.497 e. The molecular formula is C18H26N2O. The number of nitrogens with one attached hydrogen (secondary N) is 1. The lowest BCUT2D eigenvalue weighted by atomic mass is 9.98. The summed E-state index contributed by atoms with van der Waals surface area (Å²) < 4.78 is 7.43. The molecule has 0 saturated carbocycles. The van der Waals surface area contributed by atoms with E-state index < -0.39 is 0 Å². The lowest BCUT2D eigenvalue weighted by Crippen LogP contribution is -2.25. The molecule has 0 aliphatic heterocycles. The highest BCUT2D eigenvalue weighted by Gasteiger charge is 2.15. The molecule has 1 atom stereocenters. The third kappa shape index (κ3) is 4.11. The summed E-state index contributed by atoms with van der Waals surface area (Å²) in [6, 6.07) is 10.9. The Morgan fingerprint density at radius 3 is 2.43 bits per heavy atom. The zero-order chi connectivity index (χ0) is 15.2. The quantitative estimate of drug-likeness (QED) is 0.836. The predicted octanol–water partition coefficient (Wildman–Crippen LogP) is 3.85. The Bertz CT molecular complexity index is 543. The van der Waals surface area contributed by atoms with Crippen LogP contribution in [0.1, 0.15) is 37.9 Å². The van der Waals surface area contributed by atoms with Crippen LogP contribution < -0.4 is 10.1 Å². The maximum Gasteiger partial charge on any atom is 0.118 e. The van der Waals surface area contributed by atoms with Gasteiger partial charge in [-0.15, -0.1) is 0 Å². The van der Waals surface area contributed by atoms with Crippen LogP contribution in [0.2, 0.25) is 0 Å². The lowest BCUT2D eigenvalue weighted by molar-refractivity contribution is 0.414. The fraction of sp³-hybridized carbons (Fsp3) is 0.444. The van der Waals surface area contributed by atoms with E-state index >= 15 is 0 Å². The third-order valence-corrected chi connectivity index (χ3v) is 3.75. The Hall–Kier alpha value is -1.74. The fourth-order valence-electron chi connectivity index (χ4n) is 2.64. The smallest absolute Gasteiger partial charge is 0.118 e. The Labute approximate surface area is 127 Å². The van der Waals surface area contributed by atoms with E-state index in [2.05, 4.69) is 61.2 Å². The molecule has 0 fully saturated rings. The molecule has 114 valence electrons. The highest BCUT2D eigenvalue weighted by molar-refractivity contribution is 5.28. The van der Waals surface area contributed by atoms with E-state index in [0.29, 0.717) is 12.0 Å². The summed E-state index contributed by atoms with van der Waals surface area (Å²) in [4.78, 5) is 0. The van der Waals surface area contributed by atoms with Crippen LogP contribution >= 0.6 is 0 Å². The van der Waals surface area contributed by atoms with Gasteiger partial charge in [0.15, 0.2) is 0 Å². The molecule has 0 aliphatic rings. The van der Waals surface area contributed by atoms with Gasteiger partial charge in [-0.05, 0) is 41.8 Å². The van der Waals surface area contributed by atoms with Crippen molar-refractivity contribution in [2.45, 2.75) is 33.4 Å². The topological polar surface area (TPSA) is 26.2 Å². The summed E-state index contributed by atoms with van der Waals surface area (Å²) in [5, 5.41) is 3.56. The molecule has 0 saturated heterocycles. The van der Waals surface area contributed by atoms with Crippen LogP contribution in [0.3, 0.4) is 0 Å². The second kappa shape index (κ2) is 7.32. The van der Waals surface area contributed by atoms with E-state index in [1.165, 1.54) is 11.1 Å². The molecule has 1 aromatic carbocycles. The van der Waals surface area contributed by atoms with Gasteiger partial charge in [0.1, 0.15) is 5.75 Å². The maximum atomic E-state index is 5.19. The average Bonchev–Trinajstić information content (AvgIpc) is 2.93. The molecule has 1 heterocycles. The van der Waals surface area contributed by atoms with Crippen molar-refractivity contribution in [1.82, 2.24) is 9.88 Å². The van der Waals surface area contributed by atoms with Crippen molar-refractivity contribution in [3.05, 3.63) is 53.9 Å². The normalized spacial score (nSPS) is 12.6. The second-order valence-electron chi connectivity index (χ2n) is 5.74. The third-order valence-electron chi connectivity index (χ3n) is 3.75. The van der Waals surface area contributed by atoms with Gasteiger partial charge in [-0.3, -0.25) is 0 Å². The minimum atomic E-state index is 0.423. The number of ether oxygens (including phenoxy) is 1. The lowest BCUT2D eigenvalue weighted by Gasteiger charge is -2.20. The van der Waals surface area contributed by atoms with Crippen LogP contribution in [-0.2, 0) is 6.54 Å². The number of aromatic nitrogens is 1. The average molecular weight is 286 g/mol. The van der Waals surface area contributed by atoms with Crippen molar-refractivity contribution in [1.29, 1.82) is 0 Å². The van der Waals surface area contributed by atoms with Crippen LogP contribution in [0.15, 0.2) is 42.7 Å². The van der Waals surface area contributed by atoms with Gasteiger partial charge in [-0.1, -0.05) is 32.9 Å². The number of nitrogens with zero attached hydrogens (tertiary/aromatic N) is 1. The van der Waals surface area contributed by atoms with E-state index in [4.69, 9.17) is 4.74 Å². The summed E-state index contributed by atoms with van der Waals surface area (Å²) in [6.07, 6.45) is 4.41. The molecule has 0 spiro atoms. The van der Waals surface area contributed by atoms with Crippen molar-refractivity contribution in [3.63, 3.8) is 0 Å². The molecule has 0 radical (unpaired) electrons. The Balaban J connectivity index is 2.07. The molecule has 1 aromatic heterocycles. The van der Waals surface area contributed by atoms with Crippen LogP contribution in [0.25, 0.3) is 0 Å². The monoisotopic (exact) mass is 286 g/mol. The van der Waals surface area contributed by atoms with Gasteiger partial charge in [0.2, 0.25) is 0 Å². The van der Waals surface area contributed by atoms with E-state index in [1.807, 2.05) is 12.1 Å². The molecule has 0 amide bonds. The van der Waals surface area contributed by atoms with Gasteiger partial charge >= 0.3 is 0 Å². The molecule has 1 unspecified atom stereocenters. The summed E-state index contributed by atoms with van der Waals surface area (Å²) >= 11 is 0. The Morgan fingerprint density at radius 1 is 1.14 bits per heavy atom. The minimum absolute atomic E-state index is 0.423. The SMILES string of the molecule is CCNC(c1ccn(Cc2ccc(OC)cc2)c1)C(C)C. The van der Waals surface area contributed by atoms with E-state index in [0.717, 1.165) is 18.8 Å². The van der Waals surface area contributed by atoms with Gasteiger partial charge in [0, 0.05) is 25.0 Å². The number of hydrogen-bond donors (Lipinski definition) is 1. The number of benzene rings is 1.